The molecule has 0 N–H and O–H groups in total. The number of rotatable bonds is 5. The lowest BCUT2D eigenvalue weighted by atomic mass is 10.1. The van der Waals surface area contributed by atoms with E-state index in [1.807, 2.05) is 0 Å². The number of thiazole rings is 1. The van der Waals surface area contributed by atoms with Crippen molar-refractivity contribution in [2.45, 2.75) is 32.6 Å². The number of alkyl halides is 3. The van der Waals surface area contributed by atoms with Gasteiger partial charge in [0.1, 0.15) is 0 Å². The van der Waals surface area contributed by atoms with Gasteiger partial charge < -0.3 is 9.47 Å². The number of carbonyl (C=O) groups excluding carboxylic acids is 1. The average molecular weight is 358 g/mol. The molecular formula is C16H17F3N2O2S. The number of nitrogens with zero attached hydrogens (tertiary/aromatic N) is 2. The van der Waals surface area contributed by atoms with E-state index in [-0.39, 0.29) is 23.7 Å². The monoisotopic (exact) mass is 358 g/mol. The fourth-order valence-electron chi connectivity index (χ4n) is 2.23. The second kappa shape index (κ2) is 7.21. The fourth-order valence-corrected chi connectivity index (χ4v) is 3.00. The van der Waals surface area contributed by atoms with Crippen LogP contribution >= 0.6 is 11.3 Å². The van der Waals surface area contributed by atoms with Crippen LogP contribution in [0.5, 0.6) is 0 Å². The number of benzene rings is 1. The summed E-state index contributed by atoms with van der Waals surface area (Å²) in [5.41, 5.74) is 0.707. The van der Waals surface area contributed by atoms with Crippen molar-refractivity contribution in [2.24, 2.45) is 0 Å². The standard InChI is InChI=1S/C16H17F3N2O2S/c1-11-10-24-15(23)21(11)8-7-14(22)20(2)9-12-3-5-13(6-4-12)16(17,18)19/h3-6,10H,7-9H2,1-2H3. The van der Waals surface area contributed by atoms with E-state index >= 15 is 0 Å². The van der Waals surface area contributed by atoms with Crippen LogP contribution in [0.1, 0.15) is 23.2 Å². The first-order valence-electron chi connectivity index (χ1n) is 7.23. The Hall–Kier alpha value is -2.09. The lowest BCUT2D eigenvalue weighted by Crippen LogP contribution is -2.28. The second-order valence-electron chi connectivity index (χ2n) is 5.49. The Balaban J connectivity index is 1.93. The second-order valence-corrected chi connectivity index (χ2v) is 6.31. The van der Waals surface area contributed by atoms with Gasteiger partial charge in [-0.25, -0.2) is 0 Å². The van der Waals surface area contributed by atoms with Crippen molar-refractivity contribution < 1.29 is 18.0 Å². The molecule has 0 unspecified atom stereocenters. The van der Waals surface area contributed by atoms with Crippen LogP contribution in [0.2, 0.25) is 0 Å². The van der Waals surface area contributed by atoms with E-state index in [1.54, 1.807) is 19.4 Å². The molecule has 4 nitrogen and oxygen atoms in total. The summed E-state index contributed by atoms with van der Waals surface area (Å²) in [4.78, 5) is 25.1. The fraction of sp³-hybridized carbons (Fsp3) is 0.375. The molecule has 1 aromatic heterocycles. The quantitative estimate of drug-likeness (QED) is 0.823. The van der Waals surface area contributed by atoms with Crippen molar-refractivity contribution in [1.29, 1.82) is 0 Å². The minimum Gasteiger partial charge on any atom is -0.341 e. The first kappa shape index (κ1) is 18.3. The first-order chi connectivity index (χ1) is 11.2. The molecule has 0 aliphatic carbocycles. The lowest BCUT2D eigenvalue weighted by molar-refractivity contribution is -0.137. The highest BCUT2D eigenvalue weighted by molar-refractivity contribution is 7.07. The number of halogens is 3. The summed E-state index contributed by atoms with van der Waals surface area (Å²) < 4.78 is 39.1. The van der Waals surface area contributed by atoms with Crippen LogP contribution < -0.4 is 4.87 Å². The maximum absolute atomic E-state index is 12.5. The molecule has 0 saturated heterocycles. The van der Waals surface area contributed by atoms with Gasteiger partial charge in [0.15, 0.2) is 0 Å². The maximum Gasteiger partial charge on any atom is 0.416 e. The number of carbonyl (C=O) groups is 1. The van der Waals surface area contributed by atoms with Crippen molar-refractivity contribution in [3.05, 3.63) is 56.1 Å². The molecule has 1 heterocycles. The zero-order chi connectivity index (χ0) is 17.9. The smallest absolute Gasteiger partial charge is 0.341 e. The Morgan fingerprint density at radius 1 is 1.25 bits per heavy atom. The average Bonchev–Trinajstić information content (AvgIpc) is 2.83. The van der Waals surface area contributed by atoms with Gasteiger partial charge in [-0.3, -0.25) is 9.59 Å². The normalized spacial score (nSPS) is 11.5. The van der Waals surface area contributed by atoms with Crippen LogP contribution in [-0.4, -0.2) is 22.4 Å². The van der Waals surface area contributed by atoms with Gasteiger partial charge in [0, 0.05) is 37.6 Å². The molecule has 130 valence electrons. The molecule has 0 spiro atoms. The molecule has 2 rings (SSSR count). The number of aromatic nitrogens is 1. The minimum absolute atomic E-state index is 0.106. The SMILES string of the molecule is Cc1csc(=O)n1CCC(=O)N(C)Cc1ccc(C(F)(F)F)cc1. The van der Waals surface area contributed by atoms with Gasteiger partial charge in [-0.1, -0.05) is 23.5 Å². The Morgan fingerprint density at radius 2 is 1.88 bits per heavy atom. The summed E-state index contributed by atoms with van der Waals surface area (Å²) in [6.45, 7) is 2.31. The predicted octanol–water partition coefficient (Wildman–Crippen LogP) is 3.29. The molecule has 2 aromatic rings. The van der Waals surface area contributed by atoms with Gasteiger partial charge >= 0.3 is 11.0 Å². The Labute approximate surface area is 141 Å². The molecule has 1 amide bonds. The molecule has 0 radical (unpaired) electrons. The summed E-state index contributed by atoms with van der Waals surface area (Å²) in [5.74, 6) is -0.174. The molecule has 0 fully saturated rings. The van der Waals surface area contributed by atoms with Gasteiger partial charge in [-0.05, 0) is 24.6 Å². The first-order valence-corrected chi connectivity index (χ1v) is 8.11. The van der Waals surface area contributed by atoms with Gasteiger partial charge in [-0.2, -0.15) is 13.2 Å². The van der Waals surface area contributed by atoms with Crippen LogP contribution in [0.3, 0.4) is 0 Å². The molecule has 0 bridgehead atoms. The van der Waals surface area contributed by atoms with Gasteiger partial charge in [0.2, 0.25) is 5.91 Å². The summed E-state index contributed by atoms with van der Waals surface area (Å²) in [5, 5.41) is 1.73. The summed E-state index contributed by atoms with van der Waals surface area (Å²) in [6.07, 6.45) is -4.21. The van der Waals surface area contributed by atoms with E-state index in [0.29, 0.717) is 12.1 Å². The number of hydrogen-bond donors (Lipinski definition) is 0. The molecular weight excluding hydrogens is 341 g/mol. The largest absolute Gasteiger partial charge is 0.416 e. The van der Waals surface area contributed by atoms with E-state index in [1.165, 1.54) is 21.6 Å². The van der Waals surface area contributed by atoms with E-state index in [2.05, 4.69) is 0 Å². The van der Waals surface area contributed by atoms with Crippen molar-refractivity contribution in [2.75, 3.05) is 7.05 Å². The van der Waals surface area contributed by atoms with Crippen LogP contribution in [0.4, 0.5) is 13.2 Å². The van der Waals surface area contributed by atoms with Crippen molar-refractivity contribution in [3.8, 4) is 0 Å². The summed E-state index contributed by atoms with van der Waals surface area (Å²) in [7, 11) is 1.59. The van der Waals surface area contributed by atoms with Crippen molar-refractivity contribution in [1.82, 2.24) is 9.47 Å². The predicted molar refractivity (Wildman–Crippen MR) is 85.9 cm³/mol. The van der Waals surface area contributed by atoms with Gasteiger partial charge in [0.05, 0.1) is 5.56 Å². The Bertz CT molecular complexity index is 763. The summed E-state index contributed by atoms with van der Waals surface area (Å²) in [6, 6.07) is 4.73. The third-order valence-electron chi connectivity index (χ3n) is 3.65. The highest BCUT2D eigenvalue weighted by atomic mass is 32.1. The Morgan fingerprint density at radius 3 is 2.38 bits per heavy atom. The highest BCUT2D eigenvalue weighted by Gasteiger charge is 2.29. The molecule has 0 aliphatic heterocycles. The number of hydrogen-bond acceptors (Lipinski definition) is 3. The van der Waals surface area contributed by atoms with Crippen LogP contribution in [0.25, 0.3) is 0 Å². The van der Waals surface area contributed by atoms with Gasteiger partial charge in [-0.15, -0.1) is 0 Å². The molecule has 0 aliphatic rings. The molecule has 0 saturated carbocycles. The van der Waals surface area contributed by atoms with Crippen LogP contribution in [0.15, 0.2) is 34.4 Å². The third-order valence-corrected chi connectivity index (χ3v) is 4.53. The zero-order valence-electron chi connectivity index (χ0n) is 13.3. The molecule has 8 heteroatoms. The van der Waals surface area contributed by atoms with E-state index in [0.717, 1.165) is 29.2 Å². The number of aryl methyl sites for hydroxylation is 1. The van der Waals surface area contributed by atoms with Crippen molar-refractivity contribution >= 4 is 17.2 Å². The van der Waals surface area contributed by atoms with E-state index in [4.69, 9.17) is 0 Å². The lowest BCUT2D eigenvalue weighted by Gasteiger charge is -2.18. The topological polar surface area (TPSA) is 42.3 Å². The highest BCUT2D eigenvalue weighted by Crippen LogP contribution is 2.29. The van der Waals surface area contributed by atoms with Crippen molar-refractivity contribution in [3.63, 3.8) is 0 Å². The third kappa shape index (κ3) is 4.47. The zero-order valence-corrected chi connectivity index (χ0v) is 14.1. The Kier molecular flexibility index (Phi) is 5.48. The van der Waals surface area contributed by atoms with Crippen LogP contribution in [-0.2, 0) is 24.1 Å². The maximum atomic E-state index is 12.5. The van der Waals surface area contributed by atoms with E-state index in [9.17, 15) is 22.8 Å². The number of amides is 1. The minimum atomic E-state index is -4.37. The van der Waals surface area contributed by atoms with E-state index < -0.39 is 11.7 Å². The molecule has 24 heavy (non-hydrogen) atoms. The van der Waals surface area contributed by atoms with Gasteiger partial charge in [0.25, 0.3) is 0 Å². The van der Waals surface area contributed by atoms with Crippen LogP contribution in [0, 0.1) is 6.92 Å². The molecule has 0 atom stereocenters. The molecule has 1 aromatic carbocycles. The summed E-state index contributed by atoms with van der Waals surface area (Å²) >= 11 is 1.09.